The number of benzene rings is 3. The van der Waals surface area contributed by atoms with Gasteiger partial charge in [0.25, 0.3) is 17.4 Å². The molecule has 4 rings (SSSR count). The predicted molar refractivity (Wildman–Crippen MR) is 121 cm³/mol. The van der Waals surface area contributed by atoms with Gasteiger partial charge in [0, 0.05) is 28.4 Å². The first-order valence-corrected chi connectivity index (χ1v) is 10.0. The van der Waals surface area contributed by atoms with Gasteiger partial charge in [-0.25, -0.2) is 0 Å². The van der Waals surface area contributed by atoms with Gasteiger partial charge in [-0.15, -0.1) is 0 Å². The van der Waals surface area contributed by atoms with Crippen LogP contribution in [0.2, 0.25) is 5.02 Å². The van der Waals surface area contributed by atoms with Gasteiger partial charge < -0.3 is 5.11 Å². The fourth-order valence-corrected chi connectivity index (χ4v) is 3.82. The van der Waals surface area contributed by atoms with Crippen molar-refractivity contribution in [1.29, 1.82) is 0 Å². The summed E-state index contributed by atoms with van der Waals surface area (Å²) in [4.78, 5) is 38.2. The van der Waals surface area contributed by atoms with E-state index >= 15 is 0 Å². The Balaban J connectivity index is 1.96. The summed E-state index contributed by atoms with van der Waals surface area (Å²) in [5.41, 5.74) is 1.67. The summed E-state index contributed by atoms with van der Waals surface area (Å²) in [6.45, 7) is 1.89. The number of amides is 1. The molecule has 7 nitrogen and oxygen atoms in total. The lowest BCUT2D eigenvalue weighted by Crippen LogP contribution is -2.29. The minimum atomic E-state index is -1.05. The summed E-state index contributed by atoms with van der Waals surface area (Å²) in [5, 5.41) is 22.8. The van der Waals surface area contributed by atoms with Gasteiger partial charge in [0.1, 0.15) is 5.76 Å². The molecule has 0 aliphatic carbocycles. The number of hydrogen-bond donors (Lipinski definition) is 1. The van der Waals surface area contributed by atoms with Crippen molar-refractivity contribution in [3.8, 4) is 0 Å². The monoisotopic (exact) mass is 448 g/mol. The van der Waals surface area contributed by atoms with Crippen LogP contribution in [-0.4, -0.2) is 21.7 Å². The zero-order chi connectivity index (χ0) is 23.0. The molecule has 1 atom stereocenters. The van der Waals surface area contributed by atoms with E-state index in [0.29, 0.717) is 21.8 Å². The fraction of sp³-hybridized carbons (Fsp3) is 0.0833. The summed E-state index contributed by atoms with van der Waals surface area (Å²) in [6.07, 6.45) is 0. The lowest BCUT2D eigenvalue weighted by Gasteiger charge is -2.25. The Morgan fingerprint density at radius 1 is 1.03 bits per heavy atom. The summed E-state index contributed by atoms with van der Waals surface area (Å²) < 4.78 is 0. The van der Waals surface area contributed by atoms with E-state index in [1.807, 2.05) is 6.92 Å². The Bertz CT molecular complexity index is 1270. The van der Waals surface area contributed by atoms with Crippen LogP contribution < -0.4 is 4.90 Å². The van der Waals surface area contributed by atoms with Crippen molar-refractivity contribution in [2.24, 2.45) is 0 Å². The van der Waals surface area contributed by atoms with Crippen molar-refractivity contribution in [1.82, 2.24) is 0 Å². The Labute approximate surface area is 188 Å². The molecule has 32 heavy (non-hydrogen) atoms. The zero-order valence-electron chi connectivity index (χ0n) is 16.9. The molecule has 3 aromatic carbocycles. The molecular weight excluding hydrogens is 432 g/mol. The highest BCUT2D eigenvalue weighted by Gasteiger charge is 2.47. The molecular formula is C24H17ClN2O5. The van der Waals surface area contributed by atoms with E-state index in [9.17, 15) is 24.8 Å². The van der Waals surface area contributed by atoms with Gasteiger partial charge >= 0.3 is 0 Å². The van der Waals surface area contributed by atoms with Crippen molar-refractivity contribution >= 4 is 40.4 Å². The predicted octanol–water partition coefficient (Wildman–Crippen LogP) is 5.18. The maximum absolute atomic E-state index is 13.1. The van der Waals surface area contributed by atoms with Crippen LogP contribution >= 0.6 is 11.6 Å². The second kappa shape index (κ2) is 8.28. The quantitative estimate of drug-likeness (QED) is 0.195. The molecule has 1 aliphatic rings. The number of carbonyl (C=O) groups excluding carboxylic acids is 2. The second-order valence-corrected chi connectivity index (χ2v) is 7.80. The highest BCUT2D eigenvalue weighted by molar-refractivity contribution is 6.51. The molecule has 0 aromatic heterocycles. The highest BCUT2D eigenvalue weighted by atomic mass is 35.5. The number of aliphatic hydroxyl groups is 1. The fourth-order valence-electron chi connectivity index (χ4n) is 3.69. The molecule has 1 amide bonds. The maximum atomic E-state index is 13.1. The number of halogens is 1. The molecule has 1 unspecified atom stereocenters. The number of rotatable bonds is 4. The van der Waals surface area contributed by atoms with E-state index in [4.69, 9.17) is 11.6 Å². The molecule has 1 heterocycles. The van der Waals surface area contributed by atoms with Crippen molar-refractivity contribution < 1.29 is 19.6 Å². The first-order valence-electron chi connectivity index (χ1n) is 9.66. The molecule has 1 fully saturated rings. The van der Waals surface area contributed by atoms with Gasteiger partial charge in [0.15, 0.2) is 0 Å². The number of Topliss-reactive ketones (excluding diaryl/α,β-unsaturated/α-hetero) is 1. The van der Waals surface area contributed by atoms with Gasteiger partial charge in [0.2, 0.25) is 0 Å². The number of nitro groups is 1. The number of anilines is 1. The standard InChI is InChI=1S/C24H17ClN2O5/c1-14-5-11-18(12-6-14)26-21(16-3-2-4-19(13-16)27(31)32)20(23(29)24(26)30)22(28)15-7-9-17(25)10-8-15/h2-13,21,28H,1H3. The van der Waals surface area contributed by atoms with Gasteiger partial charge in [-0.1, -0.05) is 41.4 Å². The first kappa shape index (κ1) is 21.3. The van der Waals surface area contributed by atoms with E-state index in [1.165, 1.54) is 35.2 Å². The SMILES string of the molecule is Cc1ccc(N2C(=O)C(=O)C(=C(O)c3ccc(Cl)cc3)C2c2cccc([N+](=O)[O-])c2)cc1. The number of carbonyl (C=O) groups is 2. The number of aliphatic hydroxyl groups excluding tert-OH is 1. The Morgan fingerprint density at radius 3 is 2.31 bits per heavy atom. The van der Waals surface area contributed by atoms with Crippen LogP contribution in [0.5, 0.6) is 0 Å². The minimum Gasteiger partial charge on any atom is -0.507 e. The minimum absolute atomic E-state index is 0.154. The number of nitrogens with zero attached hydrogens (tertiary/aromatic N) is 2. The van der Waals surface area contributed by atoms with E-state index in [2.05, 4.69) is 0 Å². The lowest BCUT2D eigenvalue weighted by atomic mass is 9.94. The number of aryl methyl sites for hydroxylation is 1. The number of nitro benzene ring substituents is 1. The van der Waals surface area contributed by atoms with Crippen LogP contribution in [0.3, 0.4) is 0 Å². The van der Waals surface area contributed by atoms with E-state index in [1.54, 1.807) is 42.5 Å². The molecule has 8 heteroatoms. The number of non-ortho nitro benzene ring substituents is 1. The molecule has 0 saturated carbocycles. The molecule has 0 bridgehead atoms. The van der Waals surface area contributed by atoms with Crippen molar-refractivity contribution in [3.05, 3.63) is 110 Å². The number of hydrogen-bond acceptors (Lipinski definition) is 5. The Hall–Kier alpha value is -3.97. The van der Waals surface area contributed by atoms with Crippen LogP contribution in [0.4, 0.5) is 11.4 Å². The maximum Gasteiger partial charge on any atom is 0.300 e. The van der Waals surface area contributed by atoms with E-state index < -0.39 is 22.7 Å². The van der Waals surface area contributed by atoms with Crippen LogP contribution in [0.15, 0.2) is 78.4 Å². The van der Waals surface area contributed by atoms with Crippen LogP contribution in [-0.2, 0) is 9.59 Å². The zero-order valence-corrected chi connectivity index (χ0v) is 17.6. The highest BCUT2D eigenvalue weighted by Crippen LogP contribution is 2.42. The first-order chi connectivity index (χ1) is 15.3. The summed E-state index contributed by atoms with van der Waals surface area (Å²) in [5.74, 6) is -2.10. The van der Waals surface area contributed by atoms with Crippen LogP contribution in [0.25, 0.3) is 5.76 Å². The van der Waals surface area contributed by atoms with Gasteiger partial charge in [0.05, 0.1) is 16.5 Å². The third kappa shape index (κ3) is 3.74. The Kier molecular flexibility index (Phi) is 5.50. The molecule has 0 spiro atoms. The summed E-state index contributed by atoms with van der Waals surface area (Å²) in [6, 6.07) is 17.7. The molecule has 0 radical (unpaired) electrons. The van der Waals surface area contributed by atoms with Gasteiger partial charge in [-0.05, 0) is 48.9 Å². The summed E-state index contributed by atoms with van der Waals surface area (Å²) in [7, 11) is 0. The molecule has 160 valence electrons. The topological polar surface area (TPSA) is 101 Å². The van der Waals surface area contributed by atoms with Gasteiger partial charge in [-0.3, -0.25) is 24.6 Å². The largest absolute Gasteiger partial charge is 0.507 e. The van der Waals surface area contributed by atoms with E-state index in [-0.39, 0.29) is 17.0 Å². The second-order valence-electron chi connectivity index (χ2n) is 7.36. The molecule has 1 N–H and O–H groups in total. The van der Waals surface area contributed by atoms with Gasteiger partial charge in [-0.2, -0.15) is 0 Å². The third-order valence-corrected chi connectivity index (χ3v) is 5.52. The van der Waals surface area contributed by atoms with E-state index in [0.717, 1.165) is 5.56 Å². The average molecular weight is 449 g/mol. The lowest BCUT2D eigenvalue weighted by molar-refractivity contribution is -0.384. The summed E-state index contributed by atoms with van der Waals surface area (Å²) >= 11 is 5.92. The third-order valence-electron chi connectivity index (χ3n) is 5.27. The smallest absolute Gasteiger partial charge is 0.300 e. The van der Waals surface area contributed by atoms with Crippen molar-refractivity contribution in [3.63, 3.8) is 0 Å². The average Bonchev–Trinajstić information content (AvgIpc) is 3.05. The molecule has 1 aliphatic heterocycles. The van der Waals surface area contributed by atoms with Crippen molar-refractivity contribution in [2.75, 3.05) is 4.90 Å². The van der Waals surface area contributed by atoms with Crippen LogP contribution in [0, 0.1) is 17.0 Å². The van der Waals surface area contributed by atoms with Crippen molar-refractivity contribution in [2.45, 2.75) is 13.0 Å². The molecule has 3 aromatic rings. The number of ketones is 1. The normalized spacial score (nSPS) is 17.6. The Morgan fingerprint density at radius 2 is 1.69 bits per heavy atom. The van der Waals surface area contributed by atoms with Crippen LogP contribution in [0.1, 0.15) is 22.7 Å². The molecule has 1 saturated heterocycles.